The van der Waals surface area contributed by atoms with E-state index in [0.717, 1.165) is 17.0 Å². The van der Waals surface area contributed by atoms with Crippen molar-refractivity contribution in [3.8, 4) is 11.8 Å². The summed E-state index contributed by atoms with van der Waals surface area (Å²) in [6.45, 7) is 0.617. The van der Waals surface area contributed by atoms with Crippen LogP contribution in [0.25, 0.3) is 0 Å². The largest absolute Gasteiger partial charge is 0.497 e. The molecule has 2 aromatic carbocycles. The second kappa shape index (κ2) is 5.78. The zero-order chi connectivity index (χ0) is 13.7. The normalized spacial score (nSPS) is 9.68. The van der Waals surface area contributed by atoms with E-state index in [9.17, 15) is 0 Å². The first-order valence-electron chi connectivity index (χ1n) is 5.89. The third-order valence-corrected chi connectivity index (χ3v) is 2.80. The molecule has 0 aliphatic carbocycles. The Morgan fingerprint density at radius 1 is 1.26 bits per heavy atom. The molecule has 0 atom stereocenters. The fourth-order valence-corrected chi connectivity index (χ4v) is 1.78. The number of benzene rings is 2. The van der Waals surface area contributed by atoms with E-state index in [1.807, 2.05) is 30.3 Å². The van der Waals surface area contributed by atoms with Gasteiger partial charge < -0.3 is 15.8 Å². The Morgan fingerprint density at radius 3 is 2.79 bits per heavy atom. The van der Waals surface area contributed by atoms with Crippen LogP contribution >= 0.6 is 0 Å². The minimum absolute atomic E-state index is 0.617. The van der Waals surface area contributed by atoms with Gasteiger partial charge in [0.25, 0.3) is 0 Å². The Labute approximate surface area is 112 Å². The first-order chi connectivity index (χ1) is 9.22. The Kier molecular flexibility index (Phi) is 3.89. The van der Waals surface area contributed by atoms with Gasteiger partial charge in [-0.15, -0.1) is 0 Å². The lowest BCUT2D eigenvalue weighted by atomic mass is 10.1. The fourth-order valence-electron chi connectivity index (χ4n) is 1.78. The van der Waals surface area contributed by atoms with Gasteiger partial charge in [-0.05, 0) is 29.8 Å². The van der Waals surface area contributed by atoms with Crippen molar-refractivity contribution in [1.82, 2.24) is 0 Å². The number of hydrogen-bond donors (Lipinski definition) is 2. The van der Waals surface area contributed by atoms with Gasteiger partial charge in [-0.25, -0.2) is 0 Å². The van der Waals surface area contributed by atoms with Crippen molar-refractivity contribution in [2.75, 3.05) is 18.2 Å². The summed E-state index contributed by atoms with van der Waals surface area (Å²) in [4.78, 5) is 0. The maximum atomic E-state index is 8.84. The van der Waals surface area contributed by atoms with Gasteiger partial charge in [-0.1, -0.05) is 12.1 Å². The minimum atomic E-state index is 0.617. The van der Waals surface area contributed by atoms with Crippen molar-refractivity contribution in [2.45, 2.75) is 6.54 Å². The smallest absolute Gasteiger partial charge is 0.121 e. The number of ether oxygens (including phenoxy) is 1. The van der Waals surface area contributed by atoms with E-state index in [0.29, 0.717) is 17.8 Å². The van der Waals surface area contributed by atoms with Crippen LogP contribution in [-0.2, 0) is 6.54 Å². The van der Waals surface area contributed by atoms with E-state index in [1.54, 1.807) is 19.2 Å². The third kappa shape index (κ3) is 3.17. The first-order valence-corrected chi connectivity index (χ1v) is 5.89. The van der Waals surface area contributed by atoms with E-state index in [-0.39, 0.29) is 0 Å². The molecule has 96 valence electrons. The van der Waals surface area contributed by atoms with Crippen molar-refractivity contribution < 1.29 is 4.74 Å². The number of anilines is 2. The highest BCUT2D eigenvalue weighted by molar-refractivity contribution is 5.68. The SMILES string of the molecule is COc1ccc(NCc2cccc(C#N)c2)c(N)c1. The number of methoxy groups -OCH3 is 1. The number of nitrogens with one attached hydrogen (secondary N) is 1. The predicted molar refractivity (Wildman–Crippen MR) is 75.9 cm³/mol. The summed E-state index contributed by atoms with van der Waals surface area (Å²) >= 11 is 0. The van der Waals surface area contributed by atoms with E-state index in [2.05, 4.69) is 11.4 Å². The molecular weight excluding hydrogens is 238 g/mol. The van der Waals surface area contributed by atoms with Gasteiger partial charge in [0.15, 0.2) is 0 Å². The van der Waals surface area contributed by atoms with Gasteiger partial charge in [0.1, 0.15) is 5.75 Å². The lowest BCUT2D eigenvalue weighted by Crippen LogP contribution is -2.02. The zero-order valence-electron chi connectivity index (χ0n) is 10.7. The summed E-state index contributed by atoms with van der Waals surface area (Å²) in [6.07, 6.45) is 0. The van der Waals surface area contributed by atoms with E-state index in [4.69, 9.17) is 15.7 Å². The summed E-state index contributed by atoms with van der Waals surface area (Å²) in [5, 5.41) is 12.1. The van der Waals surface area contributed by atoms with Gasteiger partial charge in [-0.3, -0.25) is 0 Å². The molecule has 0 aromatic heterocycles. The highest BCUT2D eigenvalue weighted by Crippen LogP contribution is 2.24. The molecule has 19 heavy (non-hydrogen) atoms. The molecule has 0 radical (unpaired) electrons. The van der Waals surface area contributed by atoms with Gasteiger partial charge >= 0.3 is 0 Å². The van der Waals surface area contributed by atoms with Crippen LogP contribution in [0.15, 0.2) is 42.5 Å². The molecule has 0 aliphatic heterocycles. The Hall–Kier alpha value is -2.67. The molecule has 0 unspecified atom stereocenters. The number of nitrogen functional groups attached to an aromatic ring is 1. The maximum absolute atomic E-state index is 8.84. The summed E-state index contributed by atoms with van der Waals surface area (Å²) in [7, 11) is 1.61. The summed E-state index contributed by atoms with van der Waals surface area (Å²) in [5.74, 6) is 0.731. The average Bonchev–Trinajstić information content (AvgIpc) is 2.46. The van der Waals surface area contributed by atoms with Gasteiger partial charge in [0, 0.05) is 12.6 Å². The van der Waals surface area contributed by atoms with Crippen LogP contribution in [0.1, 0.15) is 11.1 Å². The number of rotatable bonds is 4. The lowest BCUT2D eigenvalue weighted by Gasteiger charge is -2.10. The topological polar surface area (TPSA) is 71.1 Å². The molecule has 0 bridgehead atoms. The molecular formula is C15H15N3O. The average molecular weight is 253 g/mol. The van der Waals surface area contributed by atoms with Crippen molar-refractivity contribution in [2.24, 2.45) is 0 Å². The first kappa shape index (κ1) is 12.8. The Morgan fingerprint density at radius 2 is 2.11 bits per heavy atom. The van der Waals surface area contributed by atoms with Crippen LogP contribution in [0.2, 0.25) is 0 Å². The number of nitriles is 1. The Bertz CT molecular complexity index is 617. The zero-order valence-corrected chi connectivity index (χ0v) is 10.7. The summed E-state index contributed by atoms with van der Waals surface area (Å²) < 4.78 is 5.10. The molecule has 3 N–H and O–H groups in total. The maximum Gasteiger partial charge on any atom is 0.121 e. The molecule has 4 heteroatoms. The predicted octanol–water partition coefficient (Wildman–Crippen LogP) is 2.76. The van der Waals surface area contributed by atoms with Gasteiger partial charge in [-0.2, -0.15) is 5.26 Å². The molecule has 0 spiro atoms. The van der Waals surface area contributed by atoms with E-state index < -0.39 is 0 Å². The van der Waals surface area contributed by atoms with Gasteiger partial charge in [0.2, 0.25) is 0 Å². The molecule has 0 heterocycles. The van der Waals surface area contributed by atoms with Crippen LogP contribution in [0.5, 0.6) is 5.75 Å². The van der Waals surface area contributed by atoms with Gasteiger partial charge in [0.05, 0.1) is 30.1 Å². The third-order valence-electron chi connectivity index (χ3n) is 2.80. The van der Waals surface area contributed by atoms with Crippen LogP contribution in [-0.4, -0.2) is 7.11 Å². The van der Waals surface area contributed by atoms with Crippen molar-refractivity contribution in [1.29, 1.82) is 5.26 Å². The molecule has 0 saturated carbocycles. The van der Waals surface area contributed by atoms with Crippen LogP contribution in [0.4, 0.5) is 11.4 Å². The molecule has 0 saturated heterocycles. The molecule has 2 rings (SSSR count). The monoisotopic (exact) mass is 253 g/mol. The second-order valence-corrected chi connectivity index (χ2v) is 4.12. The van der Waals surface area contributed by atoms with Crippen molar-refractivity contribution in [3.63, 3.8) is 0 Å². The van der Waals surface area contributed by atoms with E-state index >= 15 is 0 Å². The van der Waals surface area contributed by atoms with Crippen LogP contribution < -0.4 is 15.8 Å². The summed E-state index contributed by atoms with van der Waals surface area (Å²) in [6, 6.07) is 15.1. The molecule has 2 aromatic rings. The van der Waals surface area contributed by atoms with Crippen molar-refractivity contribution in [3.05, 3.63) is 53.6 Å². The molecule has 0 aliphatic rings. The van der Waals surface area contributed by atoms with Crippen molar-refractivity contribution >= 4 is 11.4 Å². The minimum Gasteiger partial charge on any atom is -0.497 e. The highest BCUT2D eigenvalue weighted by atomic mass is 16.5. The van der Waals surface area contributed by atoms with E-state index in [1.165, 1.54) is 0 Å². The number of nitrogens with zero attached hydrogens (tertiary/aromatic N) is 1. The lowest BCUT2D eigenvalue weighted by molar-refractivity contribution is 0.415. The number of nitrogens with two attached hydrogens (primary N) is 1. The Balaban J connectivity index is 2.08. The number of hydrogen-bond acceptors (Lipinski definition) is 4. The standard InChI is InChI=1S/C15H15N3O/c1-19-13-5-6-15(14(17)8-13)18-10-12-4-2-3-11(7-12)9-16/h2-8,18H,10,17H2,1H3. The summed E-state index contributed by atoms with van der Waals surface area (Å²) in [5.41, 5.74) is 9.10. The quantitative estimate of drug-likeness (QED) is 0.822. The molecule has 0 fully saturated rings. The fraction of sp³-hybridized carbons (Fsp3) is 0.133. The molecule has 0 amide bonds. The van der Waals surface area contributed by atoms with Crippen LogP contribution in [0.3, 0.4) is 0 Å². The van der Waals surface area contributed by atoms with Crippen LogP contribution in [0, 0.1) is 11.3 Å². The highest BCUT2D eigenvalue weighted by Gasteiger charge is 2.01. The second-order valence-electron chi connectivity index (χ2n) is 4.12. The molecule has 4 nitrogen and oxygen atoms in total.